The number of nitrogens with zero attached hydrogens (tertiary/aromatic N) is 2. The summed E-state index contributed by atoms with van der Waals surface area (Å²) in [7, 11) is 0. The fourth-order valence-corrected chi connectivity index (χ4v) is 2.36. The molecule has 2 aliphatic rings. The first-order valence-corrected chi connectivity index (χ1v) is 6.37. The first kappa shape index (κ1) is 11.9. The van der Waals surface area contributed by atoms with Crippen molar-refractivity contribution in [2.75, 3.05) is 26.2 Å². The summed E-state index contributed by atoms with van der Waals surface area (Å²) in [6.07, 6.45) is 2.18. The molecule has 3 heteroatoms. The topological polar surface area (TPSA) is 23.6 Å². The van der Waals surface area contributed by atoms with Crippen LogP contribution in [0.3, 0.4) is 0 Å². The Kier molecular flexibility index (Phi) is 2.77. The average Bonchev–Trinajstić information content (AvgIpc) is 2.96. The quantitative estimate of drug-likeness (QED) is 0.677. The van der Waals surface area contributed by atoms with Gasteiger partial charge in [-0.05, 0) is 33.6 Å². The predicted octanol–water partition coefficient (Wildman–Crippen LogP) is 1.73. The van der Waals surface area contributed by atoms with E-state index in [1.54, 1.807) is 0 Å². The molecule has 2 rings (SSSR count). The molecule has 16 heavy (non-hydrogen) atoms. The molecular formula is C13H24N2O. The monoisotopic (exact) mass is 224 g/mol. The number of carbonyl (C=O) groups excluding carboxylic acids is 1. The minimum atomic E-state index is 0.00387. The number of hydrogen-bond acceptors (Lipinski definition) is 2. The summed E-state index contributed by atoms with van der Waals surface area (Å²) in [5, 5.41) is 0. The van der Waals surface area contributed by atoms with Gasteiger partial charge in [0.05, 0.1) is 0 Å². The van der Waals surface area contributed by atoms with Crippen molar-refractivity contribution in [2.45, 2.75) is 46.1 Å². The zero-order valence-corrected chi connectivity index (χ0v) is 11.0. The van der Waals surface area contributed by atoms with Crippen LogP contribution in [0.1, 0.15) is 40.5 Å². The summed E-state index contributed by atoms with van der Waals surface area (Å²) in [5.74, 6) is 0.390. The lowest BCUT2D eigenvalue weighted by molar-refractivity contribution is -0.138. The first-order valence-electron chi connectivity index (χ1n) is 6.37. The Hall–Kier alpha value is -0.570. The average molecular weight is 224 g/mol. The molecular weight excluding hydrogens is 200 g/mol. The molecule has 2 fully saturated rings. The first-order chi connectivity index (χ1) is 7.33. The molecule has 1 heterocycles. The lowest BCUT2D eigenvalue weighted by Crippen LogP contribution is -2.55. The van der Waals surface area contributed by atoms with Crippen LogP contribution < -0.4 is 0 Å². The number of amides is 1. The highest BCUT2D eigenvalue weighted by molar-refractivity contribution is 5.85. The molecule has 0 N–H and O–H groups in total. The lowest BCUT2D eigenvalue weighted by Gasteiger charge is -2.42. The van der Waals surface area contributed by atoms with E-state index in [-0.39, 0.29) is 11.0 Å². The van der Waals surface area contributed by atoms with Crippen LogP contribution in [0, 0.1) is 5.41 Å². The van der Waals surface area contributed by atoms with E-state index in [4.69, 9.17) is 0 Å². The van der Waals surface area contributed by atoms with Crippen LogP contribution in [-0.2, 0) is 4.79 Å². The molecule has 0 aromatic carbocycles. The summed E-state index contributed by atoms with van der Waals surface area (Å²) in [6.45, 7) is 12.7. The van der Waals surface area contributed by atoms with Crippen LogP contribution >= 0.6 is 0 Å². The second-order valence-electron chi connectivity index (χ2n) is 6.51. The van der Waals surface area contributed by atoms with Crippen molar-refractivity contribution in [2.24, 2.45) is 5.41 Å². The lowest BCUT2D eigenvalue weighted by atomic mass is 10.0. The summed E-state index contributed by atoms with van der Waals surface area (Å²) in [6, 6.07) is 0. The van der Waals surface area contributed by atoms with Crippen LogP contribution in [0.5, 0.6) is 0 Å². The maximum atomic E-state index is 12.1. The van der Waals surface area contributed by atoms with E-state index in [0.29, 0.717) is 5.91 Å². The molecule has 1 aliphatic carbocycles. The normalized spacial score (nSPS) is 25.6. The van der Waals surface area contributed by atoms with Gasteiger partial charge in [-0.15, -0.1) is 0 Å². The molecule has 0 unspecified atom stereocenters. The third kappa shape index (κ3) is 2.24. The molecule has 0 radical (unpaired) electrons. The zero-order chi connectivity index (χ0) is 12.0. The Labute approximate surface area is 98.8 Å². The van der Waals surface area contributed by atoms with Gasteiger partial charge in [0.1, 0.15) is 0 Å². The fraction of sp³-hybridized carbons (Fsp3) is 0.923. The van der Waals surface area contributed by atoms with Gasteiger partial charge in [-0.2, -0.15) is 0 Å². The smallest absolute Gasteiger partial charge is 0.228 e. The van der Waals surface area contributed by atoms with Crippen molar-refractivity contribution >= 4 is 5.91 Å². The van der Waals surface area contributed by atoms with Gasteiger partial charge in [0.15, 0.2) is 0 Å². The van der Waals surface area contributed by atoms with Gasteiger partial charge < -0.3 is 4.90 Å². The second-order valence-corrected chi connectivity index (χ2v) is 6.51. The fourth-order valence-electron chi connectivity index (χ4n) is 2.36. The van der Waals surface area contributed by atoms with Crippen LogP contribution in [0.2, 0.25) is 0 Å². The SMILES string of the molecule is CC1(C(=O)N2CCN(C(C)(C)C)CC2)CC1. The highest BCUT2D eigenvalue weighted by atomic mass is 16.2. The molecule has 0 spiro atoms. The number of piperazine rings is 1. The molecule has 92 valence electrons. The summed E-state index contributed by atoms with van der Waals surface area (Å²) >= 11 is 0. The molecule has 1 saturated heterocycles. The van der Waals surface area contributed by atoms with E-state index >= 15 is 0 Å². The Morgan fingerprint density at radius 1 is 1.06 bits per heavy atom. The molecule has 1 amide bonds. The maximum Gasteiger partial charge on any atom is 0.228 e. The molecule has 0 atom stereocenters. The highest BCUT2D eigenvalue weighted by Crippen LogP contribution is 2.46. The van der Waals surface area contributed by atoms with Gasteiger partial charge in [0.25, 0.3) is 0 Å². The summed E-state index contributed by atoms with van der Waals surface area (Å²) < 4.78 is 0. The van der Waals surface area contributed by atoms with E-state index in [1.807, 2.05) is 0 Å². The third-order valence-corrected chi connectivity index (χ3v) is 4.03. The largest absolute Gasteiger partial charge is 0.340 e. The minimum Gasteiger partial charge on any atom is -0.340 e. The van der Waals surface area contributed by atoms with E-state index < -0.39 is 0 Å². The van der Waals surface area contributed by atoms with E-state index in [2.05, 4.69) is 37.5 Å². The highest BCUT2D eigenvalue weighted by Gasteiger charge is 2.47. The Bertz CT molecular complexity index is 281. The van der Waals surface area contributed by atoms with Gasteiger partial charge in [-0.1, -0.05) is 6.92 Å². The van der Waals surface area contributed by atoms with E-state index in [1.165, 1.54) is 0 Å². The van der Waals surface area contributed by atoms with Crippen molar-refractivity contribution in [3.8, 4) is 0 Å². The van der Waals surface area contributed by atoms with Crippen molar-refractivity contribution in [3.05, 3.63) is 0 Å². The van der Waals surface area contributed by atoms with Crippen molar-refractivity contribution in [3.63, 3.8) is 0 Å². The molecule has 3 nitrogen and oxygen atoms in total. The third-order valence-electron chi connectivity index (χ3n) is 4.03. The number of rotatable bonds is 1. The number of hydrogen-bond donors (Lipinski definition) is 0. The molecule has 0 bridgehead atoms. The molecule has 1 aliphatic heterocycles. The summed E-state index contributed by atoms with van der Waals surface area (Å²) in [5.41, 5.74) is 0.239. The summed E-state index contributed by atoms with van der Waals surface area (Å²) in [4.78, 5) is 16.7. The molecule has 0 aromatic rings. The van der Waals surface area contributed by atoms with Gasteiger partial charge in [-0.3, -0.25) is 9.69 Å². The van der Waals surface area contributed by atoms with Crippen molar-refractivity contribution in [1.29, 1.82) is 0 Å². The molecule has 0 aromatic heterocycles. The Balaban J connectivity index is 1.88. The van der Waals surface area contributed by atoms with E-state index in [9.17, 15) is 4.79 Å². The van der Waals surface area contributed by atoms with Gasteiger partial charge in [0.2, 0.25) is 5.91 Å². The maximum absolute atomic E-state index is 12.1. The van der Waals surface area contributed by atoms with Crippen molar-refractivity contribution < 1.29 is 4.79 Å². The standard InChI is InChI=1S/C13H24N2O/c1-12(2,3)15-9-7-14(8-10-15)11(16)13(4)5-6-13/h5-10H2,1-4H3. The van der Waals surface area contributed by atoms with Crippen LogP contribution in [0.15, 0.2) is 0 Å². The molecule has 1 saturated carbocycles. The Morgan fingerprint density at radius 2 is 1.56 bits per heavy atom. The minimum absolute atomic E-state index is 0.00387. The van der Waals surface area contributed by atoms with Gasteiger partial charge >= 0.3 is 0 Å². The van der Waals surface area contributed by atoms with Crippen LogP contribution in [0.25, 0.3) is 0 Å². The number of carbonyl (C=O) groups is 1. The van der Waals surface area contributed by atoms with Gasteiger partial charge in [-0.25, -0.2) is 0 Å². The van der Waals surface area contributed by atoms with Crippen molar-refractivity contribution in [1.82, 2.24) is 9.80 Å². The van der Waals surface area contributed by atoms with Crippen LogP contribution in [-0.4, -0.2) is 47.4 Å². The van der Waals surface area contributed by atoms with Crippen LogP contribution in [0.4, 0.5) is 0 Å². The predicted molar refractivity (Wildman–Crippen MR) is 65.2 cm³/mol. The van der Waals surface area contributed by atoms with E-state index in [0.717, 1.165) is 39.0 Å². The zero-order valence-electron chi connectivity index (χ0n) is 11.0. The second kappa shape index (κ2) is 3.73. The van der Waals surface area contributed by atoms with Gasteiger partial charge in [0, 0.05) is 37.1 Å². The Morgan fingerprint density at radius 3 is 1.94 bits per heavy atom.